The van der Waals surface area contributed by atoms with Crippen molar-refractivity contribution in [3.8, 4) is 5.75 Å². The van der Waals surface area contributed by atoms with Crippen LogP contribution in [-0.2, 0) is 34.6 Å². The van der Waals surface area contributed by atoms with Crippen molar-refractivity contribution >= 4 is 17.7 Å². The van der Waals surface area contributed by atoms with Gasteiger partial charge in [-0.15, -0.1) is 0 Å². The van der Waals surface area contributed by atoms with Gasteiger partial charge in [-0.1, -0.05) is 66.7 Å². The number of carbonyl (C=O) groups is 3. The molecule has 4 aromatic carbocycles. The SMILES string of the molecule is CCOc1ccc(C[C@@H](NC(=O)c2ccccc2)C(=O)N[C@](C)(C(=O)NCc2ccc(CN)cc2)c2cccc(F)c2)cc1. The van der Waals surface area contributed by atoms with Gasteiger partial charge in [-0.2, -0.15) is 0 Å². The highest BCUT2D eigenvalue weighted by Crippen LogP contribution is 2.23. The monoisotopic (exact) mass is 596 g/mol. The molecule has 5 N–H and O–H groups in total. The van der Waals surface area contributed by atoms with Gasteiger partial charge >= 0.3 is 0 Å². The highest BCUT2D eigenvalue weighted by Gasteiger charge is 2.39. The second-order valence-corrected chi connectivity index (χ2v) is 10.5. The van der Waals surface area contributed by atoms with Crippen LogP contribution in [-0.4, -0.2) is 30.4 Å². The van der Waals surface area contributed by atoms with Gasteiger partial charge in [0.15, 0.2) is 0 Å². The van der Waals surface area contributed by atoms with Crippen LogP contribution in [0.4, 0.5) is 4.39 Å². The van der Waals surface area contributed by atoms with E-state index in [1.165, 1.54) is 25.1 Å². The quantitative estimate of drug-likeness (QED) is 0.183. The topological polar surface area (TPSA) is 123 Å². The van der Waals surface area contributed by atoms with Crippen molar-refractivity contribution in [3.63, 3.8) is 0 Å². The second-order valence-electron chi connectivity index (χ2n) is 10.5. The third kappa shape index (κ3) is 8.29. The van der Waals surface area contributed by atoms with Crippen LogP contribution in [0.2, 0.25) is 0 Å². The Morgan fingerprint density at radius 3 is 2.16 bits per heavy atom. The van der Waals surface area contributed by atoms with E-state index in [0.29, 0.717) is 24.5 Å². The van der Waals surface area contributed by atoms with Crippen LogP contribution >= 0.6 is 0 Å². The van der Waals surface area contributed by atoms with Crippen molar-refractivity contribution in [2.75, 3.05) is 6.61 Å². The van der Waals surface area contributed by atoms with Crippen molar-refractivity contribution < 1.29 is 23.5 Å². The number of benzene rings is 4. The zero-order chi connectivity index (χ0) is 31.5. The van der Waals surface area contributed by atoms with Crippen LogP contribution in [0.5, 0.6) is 5.75 Å². The molecule has 0 aliphatic carbocycles. The summed E-state index contributed by atoms with van der Waals surface area (Å²) < 4.78 is 19.9. The van der Waals surface area contributed by atoms with Gasteiger partial charge in [0.2, 0.25) is 11.8 Å². The van der Waals surface area contributed by atoms with E-state index in [0.717, 1.165) is 16.7 Å². The van der Waals surface area contributed by atoms with Crippen LogP contribution in [0.15, 0.2) is 103 Å². The van der Waals surface area contributed by atoms with E-state index in [2.05, 4.69) is 16.0 Å². The Hall–Kier alpha value is -5.02. The lowest BCUT2D eigenvalue weighted by Gasteiger charge is -2.32. The molecule has 4 aromatic rings. The first-order valence-electron chi connectivity index (χ1n) is 14.4. The molecular formula is C35H37FN4O4. The van der Waals surface area contributed by atoms with E-state index >= 15 is 0 Å². The fourth-order valence-corrected chi connectivity index (χ4v) is 4.71. The maximum atomic E-state index is 14.4. The van der Waals surface area contributed by atoms with Gasteiger partial charge in [0, 0.05) is 25.1 Å². The van der Waals surface area contributed by atoms with Gasteiger partial charge in [0.1, 0.15) is 23.1 Å². The second kappa shape index (κ2) is 14.9. The van der Waals surface area contributed by atoms with Crippen LogP contribution < -0.4 is 26.4 Å². The Kier molecular flexibility index (Phi) is 10.8. The van der Waals surface area contributed by atoms with Crippen LogP contribution in [0.1, 0.15) is 46.5 Å². The molecule has 0 fully saturated rings. The molecule has 44 heavy (non-hydrogen) atoms. The number of carbonyl (C=O) groups excluding carboxylic acids is 3. The highest BCUT2D eigenvalue weighted by atomic mass is 19.1. The molecule has 0 aliphatic heterocycles. The Morgan fingerprint density at radius 1 is 0.864 bits per heavy atom. The molecule has 0 saturated heterocycles. The fraction of sp³-hybridized carbons (Fsp3) is 0.229. The molecule has 0 spiro atoms. The minimum atomic E-state index is -1.68. The first-order chi connectivity index (χ1) is 21.2. The number of halogens is 1. The Labute approximate surface area is 256 Å². The summed E-state index contributed by atoms with van der Waals surface area (Å²) in [4.78, 5) is 40.9. The maximum absolute atomic E-state index is 14.4. The van der Waals surface area contributed by atoms with Gasteiger partial charge in [-0.25, -0.2) is 4.39 Å². The van der Waals surface area contributed by atoms with Gasteiger partial charge in [-0.3, -0.25) is 14.4 Å². The number of nitrogens with one attached hydrogen (secondary N) is 3. The molecule has 9 heteroatoms. The fourth-order valence-electron chi connectivity index (χ4n) is 4.71. The third-order valence-electron chi connectivity index (χ3n) is 7.27. The normalized spacial score (nSPS) is 12.8. The molecule has 0 heterocycles. The van der Waals surface area contributed by atoms with E-state index in [1.54, 1.807) is 48.5 Å². The predicted octanol–water partition coefficient (Wildman–Crippen LogP) is 4.37. The lowest BCUT2D eigenvalue weighted by atomic mass is 9.89. The lowest BCUT2D eigenvalue weighted by Crippen LogP contribution is -2.59. The molecule has 0 unspecified atom stereocenters. The zero-order valence-corrected chi connectivity index (χ0v) is 24.8. The average molecular weight is 597 g/mol. The van der Waals surface area contributed by atoms with Crippen molar-refractivity contribution in [1.82, 2.24) is 16.0 Å². The molecule has 0 saturated carbocycles. The summed E-state index contributed by atoms with van der Waals surface area (Å²) in [6, 6.07) is 27.6. The zero-order valence-electron chi connectivity index (χ0n) is 24.8. The van der Waals surface area contributed by atoms with E-state index in [9.17, 15) is 18.8 Å². The lowest BCUT2D eigenvalue weighted by molar-refractivity contribution is -0.134. The maximum Gasteiger partial charge on any atom is 0.251 e. The summed E-state index contributed by atoms with van der Waals surface area (Å²) in [7, 11) is 0. The number of nitrogens with two attached hydrogens (primary N) is 1. The highest BCUT2D eigenvalue weighted by molar-refractivity contribution is 5.99. The molecule has 0 aromatic heterocycles. The Morgan fingerprint density at radius 2 is 1.52 bits per heavy atom. The molecule has 4 rings (SSSR count). The van der Waals surface area contributed by atoms with Gasteiger partial charge < -0.3 is 26.4 Å². The van der Waals surface area contributed by atoms with E-state index < -0.39 is 35.1 Å². The molecule has 0 aliphatic rings. The first-order valence-corrected chi connectivity index (χ1v) is 14.4. The summed E-state index contributed by atoms with van der Waals surface area (Å²) in [6.45, 7) is 4.48. The van der Waals surface area contributed by atoms with Crippen molar-refractivity contribution in [2.24, 2.45) is 5.73 Å². The van der Waals surface area contributed by atoms with Crippen LogP contribution in [0.3, 0.4) is 0 Å². The van der Waals surface area contributed by atoms with Gasteiger partial charge in [-0.05, 0) is 72.5 Å². The Bertz CT molecular complexity index is 1560. The van der Waals surface area contributed by atoms with Gasteiger partial charge in [0.05, 0.1) is 6.61 Å². The molecule has 228 valence electrons. The minimum absolute atomic E-state index is 0.130. The van der Waals surface area contributed by atoms with Crippen molar-refractivity contribution in [2.45, 2.75) is 44.9 Å². The number of ether oxygens (including phenoxy) is 1. The number of rotatable bonds is 13. The minimum Gasteiger partial charge on any atom is -0.494 e. The average Bonchev–Trinajstić information content (AvgIpc) is 3.04. The molecule has 0 radical (unpaired) electrons. The summed E-state index contributed by atoms with van der Waals surface area (Å²) in [5.41, 5.74) is 7.17. The van der Waals surface area contributed by atoms with E-state index in [-0.39, 0.29) is 18.5 Å². The third-order valence-corrected chi connectivity index (χ3v) is 7.27. The predicted molar refractivity (Wildman–Crippen MR) is 167 cm³/mol. The standard InChI is InChI=1S/C35H37FN4O4/c1-3-44-30-18-16-24(17-19-30)20-31(39-32(41)27-8-5-4-6-9-27)33(42)40-35(2,28-10-7-11-29(36)21-28)34(43)38-23-26-14-12-25(22-37)13-15-26/h4-19,21,31H,3,20,22-23,37H2,1-2H3,(H,38,43)(H,39,41)(H,40,42)/t31-,35+/m1/s1. The molecule has 0 bridgehead atoms. The molecule has 8 nitrogen and oxygen atoms in total. The van der Waals surface area contributed by atoms with E-state index in [4.69, 9.17) is 10.5 Å². The first kappa shape index (κ1) is 31.9. The van der Waals surface area contributed by atoms with E-state index in [1.807, 2.05) is 43.3 Å². The number of amides is 3. The summed E-state index contributed by atoms with van der Waals surface area (Å²) in [5, 5.41) is 8.51. The molecule has 3 amide bonds. The van der Waals surface area contributed by atoms with Gasteiger partial charge in [0.25, 0.3) is 5.91 Å². The summed E-state index contributed by atoms with van der Waals surface area (Å²) in [5.74, 6) is -1.49. The largest absolute Gasteiger partial charge is 0.494 e. The number of hydrogen-bond acceptors (Lipinski definition) is 5. The number of hydrogen-bond donors (Lipinski definition) is 4. The van der Waals surface area contributed by atoms with Crippen LogP contribution in [0.25, 0.3) is 0 Å². The molecular weight excluding hydrogens is 559 g/mol. The molecule has 2 atom stereocenters. The van der Waals surface area contributed by atoms with Crippen molar-refractivity contribution in [1.29, 1.82) is 0 Å². The summed E-state index contributed by atoms with van der Waals surface area (Å²) in [6.07, 6.45) is 0.130. The van der Waals surface area contributed by atoms with Crippen molar-refractivity contribution in [3.05, 3.63) is 137 Å². The smallest absolute Gasteiger partial charge is 0.251 e. The summed E-state index contributed by atoms with van der Waals surface area (Å²) >= 11 is 0. The Balaban J connectivity index is 1.61. The van der Waals surface area contributed by atoms with Crippen LogP contribution in [0, 0.1) is 5.82 Å².